The molecule has 0 spiro atoms. The van der Waals surface area contributed by atoms with Crippen LogP contribution >= 0.6 is 0 Å². The smallest absolute Gasteiger partial charge is 0.269 e. The quantitative estimate of drug-likeness (QED) is 0.443. The van der Waals surface area contributed by atoms with Gasteiger partial charge in [0.25, 0.3) is 11.5 Å². The molecule has 0 bridgehead atoms. The van der Waals surface area contributed by atoms with Crippen LogP contribution in [0.25, 0.3) is 11.7 Å². The van der Waals surface area contributed by atoms with E-state index in [1.807, 2.05) is 45.0 Å². The maximum Gasteiger partial charge on any atom is 0.269 e. The summed E-state index contributed by atoms with van der Waals surface area (Å²) in [5, 5.41) is 9.76. The van der Waals surface area contributed by atoms with E-state index in [1.54, 1.807) is 23.2 Å². The number of likely N-dealkylation sites (tertiary alicyclic amines) is 1. The Hall–Kier alpha value is -3.92. The summed E-state index contributed by atoms with van der Waals surface area (Å²) in [6.45, 7) is 6.98. The molecule has 7 heteroatoms. The Morgan fingerprint density at radius 2 is 1.82 bits per heavy atom. The third-order valence-electron chi connectivity index (χ3n) is 6.09. The van der Waals surface area contributed by atoms with Crippen LogP contribution in [0.1, 0.15) is 41.5 Å². The van der Waals surface area contributed by atoms with E-state index in [-0.39, 0.29) is 22.9 Å². The molecule has 2 aromatic heterocycles. The van der Waals surface area contributed by atoms with Gasteiger partial charge in [-0.05, 0) is 74.9 Å². The summed E-state index contributed by atoms with van der Waals surface area (Å²) in [5.74, 6) is 0.265. The number of carbonyl (C=O) groups is 1. The summed E-state index contributed by atoms with van der Waals surface area (Å²) in [6, 6.07) is 11.3. The second-order valence-electron chi connectivity index (χ2n) is 8.34. The average Bonchev–Trinajstić information content (AvgIpc) is 2.83. The molecule has 1 aromatic carbocycles. The van der Waals surface area contributed by atoms with E-state index < -0.39 is 5.56 Å². The zero-order valence-electron chi connectivity index (χ0n) is 19.1. The van der Waals surface area contributed by atoms with Crippen LogP contribution in [0.4, 0.5) is 0 Å². The van der Waals surface area contributed by atoms with Gasteiger partial charge >= 0.3 is 0 Å². The van der Waals surface area contributed by atoms with Gasteiger partial charge in [0, 0.05) is 19.3 Å². The first kappa shape index (κ1) is 22.3. The third kappa shape index (κ3) is 4.37. The fourth-order valence-electron chi connectivity index (χ4n) is 3.99. The highest BCUT2D eigenvalue weighted by Gasteiger charge is 2.23. The zero-order valence-corrected chi connectivity index (χ0v) is 19.1. The monoisotopic (exact) mass is 442 g/mol. The molecule has 1 fully saturated rings. The number of carbonyl (C=O) groups excluding carboxylic acids is 1. The molecule has 168 valence electrons. The number of benzene rings is 1. The second kappa shape index (κ2) is 9.29. The number of hydrogen-bond donors (Lipinski definition) is 0. The van der Waals surface area contributed by atoms with Crippen molar-refractivity contribution in [2.24, 2.45) is 0 Å². The fraction of sp³-hybridized carbons (Fsp3) is 0.308. The van der Waals surface area contributed by atoms with Crippen molar-refractivity contribution in [1.82, 2.24) is 14.3 Å². The van der Waals surface area contributed by atoms with E-state index in [1.165, 1.54) is 10.5 Å². The number of aryl methyl sites for hydroxylation is 2. The zero-order chi connectivity index (χ0) is 23.5. The normalized spacial score (nSPS) is 14.2. The van der Waals surface area contributed by atoms with Crippen molar-refractivity contribution < 1.29 is 9.53 Å². The highest BCUT2D eigenvalue weighted by molar-refractivity contribution is 6.02. The lowest BCUT2D eigenvalue weighted by molar-refractivity contribution is -0.127. The van der Waals surface area contributed by atoms with Crippen LogP contribution in [0, 0.1) is 32.1 Å². The Bertz CT molecular complexity index is 1360. The minimum Gasteiger partial charge on any atom is -0.438 e. The highest BCUT2D eigenvalue weighted by atomic mass is 16.5. The molecule has 0 radical (unpaired) electrons. The topological polar surface area (TPSA) is 87.7 Å². The van der Waals surface area contributed by atoms with Gasteiger partial charge in [0.2, 0.25) is 5.88 Å². The van der Waals surface area contributed by atoms with Crippen molar-refractivity contribution >= 4 is 17.6 Å². The molecule has 0 saturated carbocycles. The Kier molecular flexibility index (Phi) is 6.27. The molecule has 0 atom stereocenters. The first-order chi connectivity index (χ1) is 15.9. The lowest BCUT2D eigenvalue weighted by Gasteiger charge is -2.26. The predicted molar refractivity (Wildman–Crippen MR) is 126 cm³/mol. The van der Waals surface area contributed by atoms with Crippen LogP contribution < -0.4 is 10.3 Å². The lowest BCUT2D eigenvalue weighted by Crippen LogP contribution is -2.36. The van der Waals surface area contributed by atoms with Crippen LogP contribution in [-0.4, -0.2) is 33.3 Å². The van der Waals surface area contributed by atoms with Gasteiger partial charge in [-0.2, -0.15) is 10.2 Å². The first-order valence-corrected chi connectivity index (χ1v) is 11.1. The van der Waals surface area contributed by atoms with E-state index in [9.17, 15) is 14.9 Å². The summed E-state index contributed by atoms with van der Waals surface area (Å²) in [7, 11) is 0. The van der Waals surface area contributed by atoms with E-state index in [2.05, 4.69) is 4.98 Å². The average molecular weight is 443 g/mol. The van der Waals surface area contributed by atoms with Crippen LogP contribution in [0.5, 0.6) is 11.6 Å². The summed E-state index contributed by atoms with van der Waals surface area (Å²) in [6.07, 6.45) is 5.82. The Morgan fingerprint density at radius 1 is 1.09 bits per heavy atom. The van der Waals surface area contributed by atoms with Gasteiger partial charge in [0.1, 0.15) is 28.6 Å². The minimum absolute atomic E-state index is 0.0703. The number of ether oxygens (including phenoxy) is 1. The number of rotatable bonds is 4. The molecule has 3 heterocycles. The van der Waals surface area contributed by atoms with Crippen molar-refractivity contribution in [3.63, 3.8) is 0 Å². The van der Waals surface area contributed by atoms with Gasteiger partial charge in [-0.1, -0.05) is 18.2 Å². The molecule has 0 aliphatic carbocycles. The lowest BCUT2D eigenvalue weighted by atomic mass is 10.1. The molecule has 1 aliphatic heterocycles. The van der Waals surface area contributed by atoms with Crippen LogP contribution in [0.15, 0.2) is 46.9 Å². The first-order valence-electron chi connectivity index (χ1n) is 11.1. The molecule has 1 aliphatic rings. The van der Waals surface area contributed by atoms with Gasteiger partial charge < -0.3 is 9.64 Å². The SMILES string of the molecule is Cc1cccc(Oc2nc3c(C)cccn3c(=O)c2/C=C(\C#N)C(=O)N2CCCCC2)c1C. The van der Waals surface area contributed by atoms with E-state index in [0.29, 0.717) is 24.5 Å². The molecule has 0 N–H and O–H groups in total. The maximum absolute atomic E-state index is 13.5. The van der Waals surface area contributed by atoms with Crippen molar-refractivity contribution in [1.29, 1.82) is 5.26 Å². The molecule has 0 unspecified atom stereocenters. The number of fused-ring (bicyclic) bond motifs is 1. The van der Waals surface area contributed by atoms with E-state index in [4.69, 9.17) is 4.74 Å². The standard InChI is InChI=1S/C26H26N4O3/c1-17-9-7-11-22(19(17)3)33-24-21(26(32)30-14-8-10-18(2)23(30)28-24)15-20(16-27)25(31)29-12-5-4-6-13-29/h7-11,14-15H,4-6,12-13H2,1-3H3/b20-15+. The second-order valence-corrected chi connectivity index (χ2v) is 8.34. The summed E-state index contributed by atoms with van der Waals surface area (Å²) < 4.78 is 7.55. The van der Waals surface area contributed by atoms with Gasteiger partial charge in [0.15, 0.2) is 0 Å². The molecule has 7 nitrogen and oxygen atoms in total. The molecular weight excluding hydrogens is 416 g/mol. The van der Waals surface area contributed by atoms with Gasteiger partial charge in [-0.25, -0.2) is 0 Å². The Balaban J connectivity index is 1.89. The van der Waals surface area contributed by atoms with Crippen LogP contribution in [0.2, 0.25) is 0 Å². The van der Waals surface area contributed by atoms with E-state index in [0.717, 1.165) is 36.0 Å². The molecule has 1 saturated heterocycles. The number of piperidine rings is 1. The fourth-order valence-corrected chi connectivity index (χ4v) is 3.99. The maximum atomic E-state index is 13.5. The van der Waals surface area contributed by atoms with Gasteiger partial charge in [-0.3, -0.25) is 14.0 Å². The molecule has 33 heavy (non-hydrogen) atoms. The number of pyridine rings is 1. The molecule has 4 rings (SSSR count). The Labute approximate surface area is 192 Å². The number of nitrogens with zero attached hydrogens (tertiary/aromatic N) is 4. The van der Waals surface area contributed by atoms with Gasteiger partial charge in [0.05, 0.1) is 0 Å². The van der Waals surface area contributed by atoms with Gasteiger partial charge in [-0.15, -0.1) is 0 Å². The number of amides is 1. The summed E-state index contributed by atoms with van der Waals surface area (Å²) >= 11 is 0. The highest BCUT2D eigenvalue weighted by Crippen LogP contribution is 2.29. The number of hydrogen-bond acceptors (Lipinski definition) is 5. The molecule has 1 amide bonds. The molecule has 3 aromatic rings. The Morgan fingerprint density at radius 3 is 2.55 bits per heavy atom. The van der Waals surface area contributed by atoms with E-state index >= 15 is 0 Å². The number of nitriles is 1. The molecular formula is C26H26N4O3. The largest absolute Gasteiger partial charge is 0.438 e. The third-order valence-corrected chi connectivity index (χ3v) is 6.09. The van der Waals surface area contributed by atoms with Crippen LogP contribution in [-0.2, 0) is 4.79 Å². The van der Waals surface area contributed by atoms with Crippen molar-refractivity contribution in [3.05, 3.63) is 74.7 Å². The summed E-state index contributed by atoms with van der Waals surface area (Å²) in [5.41, 5.74) is 2.79. The predicted octanol–water partition coefficient (Wildman–Crippen LogP) is 4.33. The summed E-state index contributed by atoms with van der Waals surface area (Å²) in [4.78, 5) is 32.7. The van der Waals surface area contributed by atoms with Crippen molar-refractivity contribution in [2.45, 2.75) is 40.0 Å². The minimum atomic E-state index is -0.400. The van der Waals surface area contributed by atoms with Crippen molar-refractivity contribution in [3.8, 4) is 17.7 Å². The van der Waals surface area contributed by atoms with Crippen LogP contribution in [0.3, 0.4) is 0 Å². The number of aromatic nitrogens is 2. The van der Waals surface area contributed by atoms with Crippen molar-refractivity contribution in [2.75, 3.05) is 13.1 Å².